The van der Waals surface area contributed by atoms with Gasteiger partial charge in [0.1, 0.15) is 11.8 Å². The highest BCUT2D eigenvalue weighted by Gasteiger charge is 2.37. The number of hydrogen-bond donors (Lipinski definition) is 2. The highest BCUT2D eigenvalue weighted by molar-refractivity contribution is 7.89. The molecule has 1 saturated heterocycles. The Bertz CT molecular complexity index is 1010. The number of nitrogens with one attached hydrogen (secondary N) is 2. The quantitative estimate of drug-likeness (QED) is 0.635. The van der Waals surface area contributed by atoms with Crippen LogP contribution in [0.2, 0.25) is 0 Å². The van der Waals surface area contributed by atoms with Gasteiger partial charge in [-0.2, -0.15) is 4.31 Å². The minimum absolute atomic E-state index is 0.140. The first-order chi connectivity index (χ1) is 14.9. The van der Waals surface area contributed by atoms with E-state index in [0.29, 0.717) is 18.6 Å². The van der Waals surface area contributed by atoms with Crippen LogP contribution in [-0.4, -0.2) is 43.7 Å². The molecule has 166 valence electrons. The molecule has 1 atom stereocenters. The van der Waals surface area contributed by atoms with E-state index in [0.717, 1.165) is 18.4 Å². The smallest absolute Gasteiger partial charge is 0.276 e. The maximum absolute atomic E-state index is 13.0. The number of piperidine rings is 1. The van der Waals surface area contributed by atoms with Crippen LogP contribution in [0.25, 0.3) is 0 Å². The number of nitrogens with zero attached hydrogens (tertiary/aromatic N) is 1. The SMILES string of the molecule is CCc1ccccc1OCC(=O)NNC(=O)C1CCCCN1S(=O)(=O)c1ccccc1. The Balaban J connectivity index is 1.59. The Morgan fingerprint density at radius 2 is 1.74 bits per heavy atom. The summed E-state index contributed by atoms with van der Waals surface area (Å²) in [6.07, 6.45) is 2.55. The Labute approximate surface area is 182 Å². The highest BCUT2D eigenvalue weighted by atomic mass is 32.2. The first kappa shape index (κ1) is 22.8. The second kappa shape index (κ2) is 10.4. The molecule has 0 saturated carbocycles. The van der Waals surface area contributed by atoms with Crippen LogP contribution in [0.1, 0.15) is 31.7 Å². The topological polar surface area (TPSA) is 105 Å². The number of ether oxygens (including phenoxy) is 1. The van der Waals surface area contributed by atoms with E-state index in [-0.39, 0.29) is 18.0 Å². The van der Waals surface area contributed by atoms with Gasteiger partial charge in [-0.05, 0) is 43.0 Å². The number of hydrogen-bond acceptors (Lipinski definition) is 5. The Morgan fingerprint density at radius 1 is 1.03 bits per heavy atom. The van der Waals surface area contributed by atoms with Gasteiger partial charge in [0.15, 0.2) is 6.61 Å². The predicted octanol–water partition coefficient (Wildman–Crippen LogP) is 2.02. The van der Waals surface area contributed by atoms with Gasteiger partial charge >= 0.3 is 0 Å². The van der Waals surface area contributed by atoms with Gasteiger partial charge in [0.25, 0.3) is 11.8 Å². The van der Waals surface area contributed by atoms with Crippen LogP contribution in [-0.2, 0) is 26.0 Å². The second-order valence-electron chi connectivity index (χ2n) is 7.23. The Hall–Kier alpha value is -2.91. The van der Waals surface area contributed by atoms with Gasteiger partial charge in [0, 0.05) is 6.54 Å². The standard InChI is InChI=1S/C22H27N3O5S/c1-2-17-10-6-7-14-20(17)30-16-21(26)23-24-22(27)19-13-8-9-15-25(19)31(28,29)18-11-4-3-5-12-18/h3-7,10-12,14,19H,2,8-9,13,15-16H2,1H3,(H,23,26)(H,24,27). The van der Waals surface area contributed by atoms with Gasteiger partial charge in [-0.1, -0.05) is 49.7 Å². The highest BCUT2D eigenvalue weighted by Crippen LogP contribution is 2.25. The van der Waals surface area contributed by atoms with Gasteiger partial charge in [0.05, 0.1) is 4.90 Å². The van der Waals surface area contributed by atoms with Crippen molar-refractivity contribution in [3.8, 4) is 5.75 Å². The monoisotopic (exact) mass is 445 g/mol. The molecule has 0 radical (unpaired) electrons. The van der Waals surface area contributed by atoms with Crippen LogP contribution in [0.5, 0.6) is 5.75 Å². The van der Waals surface area contributed by atoms with Gasteiger partial charge in [-0.25, -0.2) is 8.42 Å². The van der Waals surface area contributed by atoms with Crippen molar-refractivity contribution in [2.24, 2.45) is 0 Å². The average molecular weight is 446 g/mol. The van der Waals surface area contributed by atoms with Crippen molar-refractivity contribution >= 4 is 21.8 Å². The molecule has 1 aliphatic rings. The van der Waals surface area contributed by atoms with Crippen molar-refractivity contribution in [1.82, 2.24) is 15.2 Å². The summed E-state index contributed by atoms with van der Waals surface area (Å²) >= 11 is 0. The summed E-state index contributed by atoms with van der Waals surface area (Å²) in [5.74, 6) is -0.493. The van der Waals surface area contributed by atoms with Crippen LogP contribution >= 0.6 is 0 Å². The zero-order valence-corrected chi connectivity index (χ0v) is 18.2. The normalized spacial score (nSPS) is 17.0. The van der Waals surface area contributed by atoms with Crippen molar-refractivity contribution in [2.75, 3.05) is 13.2 Å². The number of aryl methyl sites for hydroxylation is 1. The largest absolute Gasteiger partial charge is 0.483 e. The minimum atomic E-state index is -3.81. The van der Waals surface area contributed by atoms with E-state index >= 15 is 0 Å². The number of hydrazine groups is 1. The number of benzene rings is 2. The lowest BCUT2D eigenvalue weighted by atomic mass is 10.0. The van der Waals surface area contributed by atoms with Gasteiger partial charge in [0.2, 0.25) is 10.0 Å². The third kappa shape index (κ3) is 5.62. The van der Waals surface area contributed by atoms with Crippen LogP contribution < -0.4 is 15.6 Å². The van der Waals surface area contributed by atoms with Crippen molar-refractivity contribution in [3.05, 3.63) is 60.2 Å². The number of rotatable bonds is 7. The molecule has 0 aromatic heterocycles. The lowest BCUT2D eigenvalue weighted by Crippen LogP contribution is -2.55. The van der Waals surface area contributed by atoms with E-state index in [1.54, 1.807) is 24.3 Å². The summed E-state index contributed by atoms with van der Waals surface area (Å²) in [4.78, 5) is 25.0. The van der Waals surface area contributed by atoms with Crippen LogP contribution in [0.15, 0.2) is 59.5 Å². The Kier molecular flexibility index (Phi) is 7.64. The molecule has 1 aliphatic heterocycles. The van der Waals surface area contributed by atoms with Crippen LogP contribution in [0.3, 0.4) is 0 Å². The molecule has 8 nitrogen and oxygen atoms in total. The second-order valence-corrected chi connectivity index (χ2v) is 9.12. The first-order valence-corrected chi connectivity index (χ1v) is 11.7. The molecule has 2 aromatic rings. The van der Waals surface area contributed by atoms with Crippen molar-refractivity contribution in [3.63, 3.8) is 0 Å². The molecular weight excluding hydrogens is 418 g/mol. The number of carbonyl (C=O) groups excluding carboxylic acids is 2. The fourth-order valence-corrected chi connectivity index (χ4v) is 5.19. The Morgan fingerprint density at radius 3 is 2.48 bits per heavy atom. The lowest BCUT2D eigenvalue weighted by molar-refractivity contribution is -0.132. The number of carbonyl (C=O) groups is 2. The number of amides is 2. The summed E-state index contributed by atoms with van der Waals surface area (Å²) in [7, 11) is -3.81. The molecule has 1 fully saturated rings. The summed E-state index contributed by atoms with van der Waals surface area (Å²) in [6, 6.07) is 14.5. The van der Waals surface area contributed by atoms with Crippen molar-refractivity contribution in [1.29, 1.82) is 0 Å². The van der Waals surface area contributed by atoms with E-state index in [1.807, 2.05) is 25.1 Å². The van der Waals surface area contributed by atoms with E-state index in [9.17, 15) is 18.0 Å². The molecule has 0 spiro atoms. The molecule has 0 aliphatic carbocycles. The summed E-state index contributed by atoms with van der Waals surface area (Å²) in [5.41, 5.74) is 5.64. The third-order valence-electron chi connectivity index (χ3n) is 5.14. The fraction of sp³-hybridized carbons (Fsp3) is 0.364. The van der Waals surface area contributed by atoms with Crippen LogP contribution in [0.4, 0.5) is 0 Å². The van der Waals surface area contributed by atoms with E-state index < -0.39 is 27.9 Å². The summed E-state index contributed by atoms with van der Waals surface area (Å²) < 4.78 is 32.7. The molecule has 31 heavy (non-hydrogen) atoms. The lowest BCUT2D eigenvalue weighted by Gasteiger charge is -2.33. The average Bonchev–Trinajstić information content (AvgIpc) is 2.81. The molecule has 1 unspecified atom stereocenters. The van der Waals surface area contributed by atoms with Gasteiger partial charge < -0.3 is 4.74 Å². The van der Waals surface area contributed by atoms with Crippen molar-refractivity contribution in [2.45, 2.75) is 43.5 Å². The van der Waals surface area contributed by atoms with E-state index in [4.69, 9.17) is 4.74 Å². The molecule has 2 aromatic carbocycles. The zero-order chi connectivity index (χ0) is 22.3. The van der Waals surface area contributed by atoms with Crippen LogP contribution in [0, 0.1) is 0 Å². The molecule has 2 N–H and O–H groups in total. The number of para-hydroxylation sites is 1. The summed E-state index contributed by atoms with van der Waals surface area (Å²) in [6.45, 7) is 1.97. The molecule has 0 bridgehead atoms. The van der Waals surface area contributed by atoms with Gasteiger partial charge in [-0.15, -0.1) is 0 Å². The maximum Gasteiger partial charge on any atom is 0.276 e. The molecule has 3 rings (SSSR count). The maximum atomic E-state index is 13.0. The molecule has 1 heterocycles. The fourth-order valence-electron chi connectivity index (χ4n) is 3.51. The first-order valence-electron chi connectivity index (χ1n) is 10.3. The van der Waals surface area contributed by atoms with Gasteiger partial charge in [-0.3, -0.25) is 20.4 Å². The predicted molar refractivity (Wildman–Crippen MR) is 116 cm³/mol. The van der Waals surface area contributed by atoms with E-state index in [1.165, 1.54) is 16.4 Å². The third-order valence-corrected chi connectivity index (χ3v) is 7.07. The summed E-state index contributed by atoms with van der Waals surface area (Å²) in [5, 5.41) is 0. The molecule has 9 heteroatoms. The molecular formula is C22H27N3O5S. The van der Waals surface area contributed by atoms with E-state index in [2.05, 4.69) is 10.9 Å². The minimum Gasteiger partial charge on any atom is -0.483 e. The number of sulfonamides is 1. The zero-order valence-electron chi connectivity index (χ0n) is 17.4. The molecule has 2 amide bonds. The van der Waals surface area contributed by atoms with Crippen molar-refractivity contribution < 1.29 is 22.7 Å².